The minimum Gasteiger partial charge on any atom is -0.396 e. The van der Waals surface area contributed by atoms with Crippen LogP contribution in [0.5, 0.6) is 0 Å². The van der Waals surface area contributed by atoms with Crippen molar-refractivity contribution < 1.29 is 9.90 Å². The molecule has 0 spiro atoms. The van der Waals surface area contributed by atoms with Crippen LogP contribution < -0.4 is 4.90 Å². The van der Waals surface area contributed by atoms with Gasteiger partial charge in [0.05, 0.1) is 29.1 Å². The minimum atomic E-state index is -0.142. The number of aromatic nitrogens is 2. The molecule has 1 saturated carbocycles. The van der Waals surface area contributed by atoms with Crippen molar-refractivity contribution in [2.45, 2.75) is 38.1 Å². The molecule has 7 heteroatoms. The minimum absolute atomic E-state index is 0.0246. The van der Waals surface area contributed by atoms with Crippen molar-refractivity contribution in [1.82, 2.24) is 14.9 Å². The van der Waals surface area contributed by atoms with Crippen molar-refractivity contribution in [2.24, 2.45) is 0 Å². The van der Waals surface area contributed by atoms with Gasteiger partial charge < -0.3 is 14.9 Å². The Morgan fingerprint density at radius 3 is 2.74 bits per heavy atom. The largest absolute Gasteiger partial charge is 0.396 e. The highest BCUT2D eigenvalue weighted by atomic mass is 16.3. The maximum absolute atomic E-state index is 12.3. The average Bonchev–Trinajstić information content (AvgIpc) is 3.72. The van der Waals surface area contributed by atoms with Gasteiger partial charge in [0.2, 0.25) is 5.91 Å². The Labute approximate surface area is 205 Å². The van der Waals surface area contributed by atoms with Crippen LogP contribution >= 0.6 is 0 Å². The molecule has 2 aromatic heterocycles. The molecule has 1 aliphatic carbocycles. The standard InChI is InChI=1S/C28H29N5O2/c1-3-21-9-10-23-22(5-4-6-25(23)30-21)24-15-20(16-29)28(31-27(24)19-7-8-19)32-12-13-33(18(2)17-32)26(35)11-14-34/h3-6,9-10,15,18-19,34H,1,7-8,11-14,17H2,2H3. The third kappa shape index (κ3) is 4.38. The van der Waals surface area contributed by atoms with Crippen molar-refractivity contribution in [1.29, 1.82) is 5.26 Å². The number of nitriles is 1. The van der Waals surface area contributed by atoms with E-state index in [4.69, 9.17) is 10.1 Å². The van der Waals surface area contributed by atoms with E-state index in [9.17, 15) is 10.1 Å². The van der Waals surface area contributed by atoms with E-state index in [0.29, 0.717) is 36.9 Å². The van der Waals surface area contributed by atoms with Crippen molar-refractivity contribution >= 4 is 28.7 Å². The quantitative estimate of drug-likeness (QED) is 0.587. The number of hydrogen-bond acceptors (Lipinski definition) is 6. The number of hydrogen-bond donors (Lipinski definition) is 1. The van der Waals surface area contributed by atoms with Gasteiger partial charge in [-0.1, -0.05) is 24.8 Å². The third-order valence-electron chi connectivity index (χ3n) is 6.94. The van der Waals surface area contributed by atoms with Crippen molar-refractivity contribution in [3.63, 3.8) is 0 Å². The molecule has 3 aromatic rings. The number of fused-ring (bicyclic) bond motifs is 1. The topological polar surface area (TPSA) is 93.4 Å². The van der Waals surface area contributed by atoms with E-state index in [1.165, 1.54) is 0 Å². The highest BCUT2D eigenvalue weighted by Gasteiger charge is 2.33. The van der Waals surface area contributed by atoms with Crippen LogP contribution in [0, 0.1) is 11.3 Å². The summed E-state index contributed by atoms with van der Waals surface area (Å²) in [6, 6.07) is 14.4. The van der Waals surface area contributed by atoms with Crippen LogP contribution in [0.25, 0.3) is 28.1 Å². The fourth-order valence-corrected chi connectivity index (χ4v) is 5.00. The normalized spacial score (nSPS) is 17.9. The van der Waals surface area contributed by atoms with Crippen LogP contribution in [0.1, 0.15) is 49.1 Å². The number of pyridine rings is 2. The van der Waals surface area contributed by atoms with Gasteiger partial charge in [0.1, 0.15) is 11.9 Å². The Hall–Kier alpha value is -3.76. The zero-order valence-corrected chi connectivity index (χ0v) is 19.9. The molecule has 5 rings (SSSR count). The molecule has 1 N–H and O–H groups in total. The maximum atomic E-state index is 12.3. The molecule has 35 heavy (non-hydrogen) atoms. The van der Waals surface area contributed by atoms with E-state index in [1.807, 2.05) is 36.1 Å². The van der Waals surface area contributed by atoms with Gasteiger partial charge in [-0.05, 0) is 49.6 Å². The lowest BCUT2D eigenvalue weighted by molar-refractivity contribution is -0.134. The monoisotopic (exact) mass is 467 g/mol. The zero-order chi connectivity index (χ0) is 24.5. The van der Waals surface area contributed by atoms with Crippen LogP contribution in [0.2, 0.25) is 0 Å². The summed E-state index contributed by atoms with van der Waals surface area (Å²) < 4.78 is 0. The molecular formula is C28H29N5O2. The van der Waals surface area contributed by atoms with E-state index < -0.39 is 0 Å². The first-order valence-electron chi connectivity index (χ1n) is 12.2. The fraction of sp³-hybridized carbons (Fsp3) is 0.357. The number of aliphatic hydroxyl groups is 1. The van der Waals surface area contributed by atoms with Crippen molar-refractivity contribution in [3.8, 4) is 17.2 Å². The number of carbonyl (C=O) groups is 1. The van der Waals surface area contributed by atoms with Gasteiger partial charge in [0.25, 0.3) is 0 Å². The summed E-state index contributed by atoms with van der Waals surface area (Å²) in [5.74, 6) is 1.05. The zero-order valence-electron chi connectivity index (χ0n) is 19.9. The van der Waals surface area contributed by atoms with Gasteiger partial charge in [-0.25, -0.2) is 9.97 Å². The smallest absolute Gasteiger partial charge is 0.225 e. The molecule has 1 unspecified atom stereocenters. The second-order valence-electron chi connectivity index (χ2n) is 9.35. The van der Waals surface area contributed by atoms with Crippen LogP contribution in [0.4, 0.5) is 5.82 Å². The summed E-state index contributed by atoms with van der Waals surface area (Å²) in [4.78, 5) is 26.1. The number of amides is 1. The molecule has 0 bridgehead atoms. The Balaban J connectivity index is 1.55. The van der Waals surface area contributed by atoms with E-state index >= 15 is 0 Å². The first-order valence-corrected chi connectivity index (χ1v) is 12.2. The molecular weight excluding hydrogens is 438 g/mol. The van der Waals surface area contributed by atoms with E-state index in [0.717, 1.165) is 46.3 Å². The molecule has 2 fully saturated rings. The molecule has 0 radical (unpaired) electrons. The number of anilines is 1. The number of benzene rings is 1. The first kappa shape index (κ1) is 23.0. The second-order valence-corrected chi connectivity index (χ2v) is 9.35. The summed E-state index contributed by atoms with van der Waals surface area (Å²) in [5.41, 5.74) is 5.33. The lowest BCUT2D eigenvalue weighted by Crippen LogP contribution is -2.54. The maximum Gasteiger partial charge on any atom is 0.225 e. The lowest BCUT2D eigenvalue weighted by Gasteiger charge is -2.41. The highest BCUT2D eigenvalue weighted by molar-refractivity contribution is 5.96. The lowest BCUT2D eigenvalue weighted by atomic mass is 9.95. The summed E-state index contributed by atoms with van der Waals surface area (Å²) in [7, 11) is 0. The predicted molar refractivity (Wildman–Crippen MR) is 137 cm³/mol. The average molecular weight is 468 g/mol. The fourth-order valence-electron chi connectivity index (χ4n) is 5.00. The molecule has 1 aromatic carbocycles. The summed E-state index contributed by atoms with van der Waals surface area (Å²) in [6.45, 7) is 7.44. The summed E-state index contributed by atoms with van der Waals surface area (Å²) >= 11 is 0. The Kier molecular flexibility index (Phi) is 6.23. The number of nitrogens with zero attached hydrogens (tertiary/aromatic N) is 5. The summed E-state index contributed by atoms with van der Waals surface area (Å²) in [6.07, 6.45) is 4.06. The molecule has 1 atom stereocenters. The molecule has 7 nitrogen and oxygen atoms in total. The molecule has 1 saturated heterocycles. The van der Waals surface area contributed by atoms with Gasteiger partial charge in [-0.2, -0.15) is 5.26 Å². The number of piperazine rings is 1. The molecule has 2 aliphatic rings. The van der Waals surface area contributed by atoms with E-state index in [-0.39, 0.29) is 25.0 Å². The van der Waals surface area contributed by atoms with Gasteiger partial charge in [0.15, 0.2) is 0 Å². The van der Waals surface area contributed by atoms with Crippen LogP contribution in [-0.4, -0.2) is 58.2 Å². The van der Waals surface area contributed by atoms with Crippen molar-refractivity contribution in [3.05, 3.63) is 59.9 Å². The van der Waals surface area contributed by atoms with Gasteiger partial charge in [0, 0.05) is 49.0 Å². The Morgan fingerprint density at radius 2 is 2.06 bits per heavy atom. The van der Waals surface area contributed by atoms with Gasteiger partial charge in [-0.15, -0.1) is 0 Å². The van der Waals surface area contributed by atoms with Crippen LogP contribution in [0.3, 0.4) is 0 Å². The second kappa shape index (κ2) is 9.47. The number of rotatable bonds is 6. The van der Waals surface area contributed by atoms with Crippen LogP contribution in [0.15, 0.2) is 43.0 Å². The molecule has 1 aliphatic heterocycles. The highest BCUT2D eigenvalue weighted by Crippen LogP contribution is 2.46. The SMILES string of the molecule is C=Cc1ccc2c(-c3cc(C#N)c(N4CCN(C(=O)CCO)C(C)C4)nc3C3CC3)cccc2n1. The number of aliphatic hydroxyl groups excluding tert-OH is 1. The molecule has 178 valence electrons. The number of carbonyl (C=O) groups excluding carboxylic acids is 1. The summed E-state index contributed by atoms with van der Waals surface area (Å²) in [5, 5.41) is 20.3. The van der Waals surface area contributed by atoms with E-state index in [2.05, 4.69) is 34.7 Å². The predicted octanol–water partition coefficient (Wildman–Crippen LogP) is 4.11. The van der Waals surface area contributed by atoms with Crippen LogP contribution in [-0.2, 0) is 4.79 Å². The Morgan fingerprint density at radius 1 is 1.23 bits per heavy atom. The Bertz CT molecular complexity index is 1340. The first-order chi connectivity index (χ1) is 17.0. The molecule has 3 heterocycles. The van der Waals surface area contributed by atoms with Gasteiger partial charge in [-0.3, -0.25) is 4.79 Å². The van der Waals surface area contributed by atoms with E-state index in [1.54, 1.807) is 6.08 Å². The molecule has 1 amide bonds. The van der Waals surface area contributed by atoms with Crippen molar-refractivity contribution in [2.75, 3.05) is 31.1 Å². The van der Waals surface area contributed by atoms with Gasteiger partial charge >= 0.3 is 0 Å². The third-order valence-corrected chi connectivity index (χ3v) is 6.94.